The van der Waals surface area contributed by atoms with Gasteiger partial charge >= 0.3 is 0 Å². The maximum Gasteiger partial charge on any atom is 0.219 e. The van der Waals surface area contributed by atoms with E-state index in [9.17, 15) is 4.79 Å². The van der Waals surface area contributed by atoms with Crippen LogP contribution in [0.1, 0.15) is 41.0 Å². The Bertz CT molecular complexity index is 292. The first-order valence-corrected chi connectivity index (χ1v) is 6.56. The van der Waals surface area contributed by atoms with Crippen molar-refractivity contribution in [2.24, 2.45) is 29.1 Å². The van der Waals surface area contributed by atoms with Crippen molar-refractivity contribution in [3.8, 4) is 0 Å². The maximum absolute atomic E-state index is 11.4. The fraction of sp³-hybridized carbons (Fsp3) is 0.929. The van der Waals surface area contributed by atoms with Gasteiger partial charge in [0.15, 0.2) is 0 Å². The second-order valence-corrected chi connectivity index (χ2v) is 6.92. The highest BCUT2D eigenvalue weighted by Gasteiger charge is 2.49. The molecule has 2 fully saturated rings. The fourth-order valence-corrected chi connectivity index (χ4v) is 3.98. The highest BCUT2D eigenvalue weighted by atomic mass is 16.2. The predicted octanol–water partition coefficient (Wildman–Crippen LogP) is 2.78. The van der Waals surface area contributed by atoms with Crippen molar-refractivity contribution in [1.82, 2.24) is 4.90 Å². The first-order valence-electron chi connectivity index (χ1n) is 6.56. The molecule has 0 aromatic heterocycles. The molecule has 2 heteroatoms. The molecule has 0 N–H and O–H groups in total. The van der Waals surface area contributed by atoms with Crippen LogP contribution in [0.15, 0.2) is 0 Å². The number of hydrogen-bond donors (Lipinski definition) is 0. The van der Waals surface area contributed by atoms with E-state index in [1.54, 1.807) is 6.92 Å². The van der Waals surface area contributed by atoms with Crippen LogP contribution in [0.25, 0.3) is 0 Å². The van der Waals surface area contributed by atoms with Crippen LogP contribution >= 0.6 is 0 Å². The molecule has 4 atom stereocenters. The molecule has 0 spiro atoms. The van der Waals surface area contributed by atoms with Gasteiger partial charge in [-0.15, -0.1) is 0 Å². The largest absolute Gasteiger partial charge is 0.342 e. The zero-order chi connectivity index (χ0) is 12.1. The van der Waals surface area contributed by atoms with Crippen molar-refractivity contribution in [1.29, 1.82) is 0 Å². The molecular weight excluding hydrogens is 198 g/mol. The molecule has 16 heavy (non-hydrogen) atoms. The topological polar surface area (TPSA) is 20.3 Å². The van der Waals surface area contributed by atoms with Gasteiger partial charge in [0, 0.05) is 20.0 Å². The molecule has 1 heterocycles. The molecule has 2 aliphatic rings. The number of nitrogens with zero attached hydrogens (tertiary/aromatic N) is 1. The highest BCUT2D eigenvalue weighted by Crippen LogP contribution is 2.51. The maximum atomic E-state index is 11.4. The second-order valence-electron chi connectivity index (χ2n) is 6.92. The summed E-state index contributed by atoms with van der Waals surface area (Å²) in [5, 5.41) is 0. The normalized spacial score (nSPS) is 38.9. The first-order chi connectivity index (χ1) is 7.30. The van der Waals surface area contributed by atoms with Crippen LogP contribution in [0.2, 0.25) is 0 Å². The van der Waals surface area contributed by atoms with Crippen LogP contribution in [-0.4, -0.2) is 23.9 Å². The van der Waals surface area contributed by atoms with Gasteiger partial charge in [0.2, 0.25) is 5.91 Å². The van der Waals surface area contributed by atoms with Crippen LogP contribution in [-0.2, 0) is 4.79 Å². The Morgan fingerprint density at radius 3 is 2.31 bits per heavy atom. The summed E-state index contributed by atoms with van der Waals surface area (Å²) in [6, 6.07) is 0. The molecule has 0 aromatic rings. The van der Waals surface area contributed by atoms with E-state index in [0.29, 0.717) is 5.41 Å². The zero-order valence-corrected chi connectivity index (χ0v) is 11.3. The summed E-state index contributed by atoms with van der Waals surface area (Å²) in [6.07, 6.45) is 1.32. The minimum Gasteiger partial charge on any atom is -0.342 e. The van der Waals surface area contributed by atoms with Crippen LogP contribution in [0, 0.1) is 29.1 Å². The molecule has 0 aromatic carbocycles. The molecule has 2 rings (SSSR count). The lowest BCUT2D eigenvalue weighted by Crippen LogP contribution is -2.31. The van der Waals surface area contributed by atoms with E-state index in [-0.39, 0.29) is 5.91 Å². The molecule has 1 amide bonds. The van der Waals surface area contributed by atoms with Gasteiger partial charge in [-0.3, -0.25) is 4.79 Å². The summed E-state index contributed by atoms with van der Waals surface area (Å²) in [5.74, 6) is 3.39. The van der Waals surface area contributed by atoms with Gasteiger partial charge in [0.1, 0.15) is 0 Å². The van der Waals surface area contributed by atoms with Crippen molar-refractivity contribution in [3.05, 3.63) is 0 Å². The Morgan fingerprint density at radius 2 is 1.88 bits per heavy atom. The molecule has 1 aliphatic carbocycles. The van der Waals surface area contributed by atoms with Crippen molar-refractivity contribution < 1.29 is 4.79 Å². The van der Waals surface area contributed by atoms with Gasteiger partial charge in [0.05, 0.1) is 0 Å². The van der Waals surface area contributed by atoms with Gasteiger partial charge in [-0.05, 0) is 35.5 Å². The monoisotopic (exact) mass is 223 g/mol. The summed E-state index contributed by atoms with van der Waals surface area (Å²) < 4.78 is 0. The SMILES string of the molecule is CC(=O)N1CC2CC(C(C)(C)C)C(C)C2C1. The second kappa shape index (κ2) is 3.75. The quantitative estimate of drug-likeness (QED) is 0.618. The fourth-order valence-electron chi connectivity index (χ4n) is 3.98. The van der Waals surface area contributed by atoms with Gasteiger partial charge in [0.25, 0.3) is 0 Å². The van der Waals surface area contributed by atoms with Gasteiger partial charge in [-0.2, -0.15) is 0 Å². The number of carbonyl (C=O) groups excluding carboxylic acids is 1. The molecule has 2 nitrogen and oxygen atoms in total. The Kier molecular flexibility index (Phi) is 2.80. The summed E-state index contributed by atoms with van der Waals surface area (Å²) >= 11 is 0. The van der Waals surface area contributed by atoms with Crippen LogP contribution in [0.3, 0.4) is 0 Å². The number of fused-ring (bicyclic) bond motifs is 1. The van der Waals surface area contributed by atoms with E-state index in [2.05, 4.69) is 27.7 Å². The molecule has 0 radical (unpaired) electrons. The Labute approximate surface area is 99.4 Å². The molecule has 4 unspecified atom stereocenters. The third-order valence-electron chi connectivity index (χ3n) is 4.92. The minimum absolute atomic E-state index is 0.258. The van der Waals surface area contributed by atoms with Gasteiger partial charge in [-0.25, -0.2) is 0 Å². The average molecular weight is 223 g/mol. The molecule has 92 valence electrons. The van der Waals surface area contributed by atoms with E-state index in [0.717, 1.165) is 36.8 Å². The first kappa shape index (κ1) is 11.9. The summed E-state index contributed by atoms with van der Waals surface area (Å²) in [7, 11) is 0. The molecule has 1 saturated carbocycles. The Hall–Kier alpha value is -0.530. The smallest absolute Gasteiger partial charge is 0.219 e. The van der Waals surface area contributed by atoms with Crippen molar-refractivity contribution in [2.75, 3.05) is 13.1 Å². The zero-order valence-electron chi connectivity index (χ0n) is 11.3. The van der Waals surface area contributed by atoms with E-state index in [1.807, 2.05) is 4.90 Å². The third kappa shape index (κ3) is 1.87. The van der Waals surface area contributed by atoms with E-state index in [1.165, 1.54) is 6.42 Å². The third-order valence-corrected chi connectivity index (χ3v) is 4.92. The van der Waals surface area contributed by atoms with E-state index in [4.69, 9.17) is 0 Å². The average Bonchev–Trinajstić information content (AvgIpc) is 2.64. The van der Waals surface area contributed by atoms with E-state index >= 15 is 0 Å². The van der Waals surface area contributed by atoms with Crippen molar-refractivity contribution >= 4 is 5.91 Å². The van der Waals surface area contributed by atoms with E-state index < -0.39 is 0 Å². The summed E-state index contributed by atoms with van der Waals surface area (Å²) in [4.78, 5) is 13.4. The molecule has 1 aliphatic heterocycles. The van der Waals surface area contributed by atoms with Crippen LogP contribution in [0.5, 0.6) is 0 Å². The number of carbonyl (C=O) groups is 1. The lowest BCUT2D eigenvalue weighted by molar-refractivity contribution is -0.128. The van der Waals surface area contributed by atoms with Gasteiger partial charge < -0.3 is 4.90 Å². The van der Waals surface area contributed by atoms with Crippen LogP contribution < -0.4 is 0 Å². The molecule has 0 bridgehead atoms. The minimum atomic E-state index is 0.258. The number of hydrogen-bond acceptors (Lipinski definition) is 1. The highest BCUT2D eigenvalue weighted by molar-refractivity contribution is 5.73. The summed E-state index contributed by atoms with van der Waals surface area (Å²) in [6.45, 7) is 13.2. The Morgan fingerprint density at radius 1 is 1.25 bits per heavy atom. The predicted molar refractivity (Wildman–Crippen MR) is 66.0 cm³/mol. The van der Waals surface area contributed by atoms with Crippen LogP contribution in [0.4, 0.5) is 0 Å². The lowest BCUT2D eigenvalue weighted by Gasteiger charge is -2.33. The number of rotatable bonds is 0. The number of amides is 1. The summed E-state index contributed by atoms with van der Waals surface area (Å²) in [5.41, 5.74) is 0.421. The lowest BCUT2D eigenvalue weighted by atomic mass is 9.74. The standard InChI is InChI=1S/C14H25NO/c1-9-12-8-15(10(2)16)7-11(12)6-13(9)14(3,4)5/h9,11-13H,6-8H2,1-5H3. The van der Waals surface area contributed by atoms with Crippen molar-refractivity contribution in [2.45, 2.75) is 41.0 Å². The number of likely N-dealkylation sites (tertiary alicyclic amines) is 1. The van der Waals surface area contributed by atoms with Gasteiger partial charge in [-0.1, -0.05) is 27.7 Å². The molecular formula is C14H25NO. The Balaban J connectivity index is 2.07. The van der Waals surface area contributed by atoms with Crippen molar-refractivity contribution in [3.63, 3.8) is 0 Å². The molecule has 1 saturated heterocycles.